The molecule has 0 aliphatic heterocycles. The van der Waals surface area contributed by atoms with Gasteiger partial charge in [0.15, 0.2) is 0 Å². The van der Waals surface area contributed by atoms with Crippen molar-refractivity contribution in [1.29, 1.82) is 0 Å². The lowest BCUT2D eigenvalue weighted by Crippen LogP contribution is -2.46. The summed E-state index contributed by atoms with van der Waals surface area (Å²) in [6.07, 6.45) is 53.9. The van der Waals surface area contributed by atoms with Crippen LogP contribution in [0, 0.1) is 0 Å². The summed E-state index contributed by atoms with van der Waals surface area (Å²) in [6.45, 7) is 6.48. The van der Waals surface area contributed by atoms with Crippen molar-refractivity contribution in [3.63, 3.8) is 0 Å². The first kappa shape index (κ1) is 57.3. The van der Waals surface area contributed by atoms with Gasteiger partial charge in [0.1, 0.15) is 6.10 Å². The van der Waals surface area contributed by atoms with E-state index in [1.807, 2.05) is 0 Å². The lowest BCUT2D eigenvalue weighted by Gasteiger charge is -2.24. The average molecular weight is 832 g/mol. The van der Waals surface area contributed by atoms with E-state index in [9.17, 15) is 19.8 Å². The lowest BCUT2D eigenvalue weighted by molar-refractivity contribution is -0.150. The number of allylic oxidation sites excluding steroid dienone is 4. The minimum absolute atomic E-state index is 0.0609. The van der Waals surface area contributed by atoms with Gasteiger partial charge in [-0.3, -0.25) is 9.59 Å². The molecule has 3 N–H and O–H groups in total. The smallest absolute Gasteiger partial charge is 0.306 e. The third kappa shape index (κ3) is 42.8. The molecule has 3 unspecified atom stereocenters. The third-order valence-corrected chi connectivity index (χ3v) is 12.0. The molecule has 0 spiro atoms. The number of carbonyl (C=O) groups excluding carboxylic acids is 2. The van der Waals surface area contributed by atoms with Crippen molar-refractivity contribution in [1.82, 2.24) is 5.32 Å². The van der Waals surface area contributed by atoms with Gasteiger partial charge in [-0.2, -0.15) is 0 Å². The molecule has 0 aromatic carbocycles. The van der Waals surface area contributed by atoms with Gasteiger partial charge in [-0.15, -0.1) is 0 Å². The molecule has 6 heteroatoms. The second kappa shape index (κ2) is 47.4. The number of hydrogen-bond donors (Lipinski definition) is 3. The fourth-order valence-electron chi connectivity index (χ4n) is 8.07. The first-order chi connectivity index (χ1) is 29.0. The van der Waals surface area contributed by atoms with E-state index in [0.29, 0.717) is 25.7 Å². The van der Waals surface area contributed by atoms with E-state index in [-0.39, 0.29) is 24.9 Å². The molecule has 0 aliphatic rings. The minimum atomic E-state index is -0.791. The summed E-state index contributed by atoms with van der Waals surface area (Å²) < 4.78 is 5.90. The SMILES string of the molecule is CCCCCCCC/C=C\C/C=C/CCC(=O)OC(CCCCCCCCCCCCCCCCC)CC(=O)NC(CO)C(O)CCCCCCCCCCCCCC. The molecule has 0 saturated heterocycles. The van der Waals surface area contributed by atoms with E-state index in [2.05, 4.69) is 50.4 Å². The largest absolute Gasteiger partial charge is 0.462 e. The summed E-state index contributed by atoms with van der Waals surface area (Å²) in [5.74, 6) is -0.540. The van der Waals surface area contributed by atoms with Gasteiger partial charge >= 0.3 is 5.97 Å². The van der Waals surface area contributed by atoms with E-state index >= 15 is 0 Å². The fraction of sp³-hybridized carbons (Fsp3) is 0.887. The summed E-state index contributed by atoms with van der Waals surface area (Å²) >= 11 is 0. The molecular formula is C53H101NO5. The van der Waals surface area contributed by atoms with E-state index in [1.165, 1.54) is 180 Å². The molecule has 0 fully saturated rings. The van der Waals surface area contributed by atoms with Crippen molar-refractivity contribution in [2.75, 3.05) is 6.61 Å². The van der Waals surface area contributed by atoms with Crippen LogP contribution in [0.2, 0.25) is 0 Å². The number of unbranched alkanes of at least 4 members (excludes halogenated alkanes) is 31. The Morgan fingerprint density at radius 2 is 0.864 bits per heavy atom. The topological polar surface area (TPSA) is 95.9 Å². The normalized spacial score (nSPS) is 13.4. The molecule has 3 atom stereocenters. The molecule has 348 valence electrons. The molecule has 59 heavy (non-hydrogen) atoms. The van der Waals surface area contributed by atoms with Crippen LogP contribution in [0.3, 0.4) is 0 Å². The molecule has 0 radical (unpaired) electrons. The van der Waals surface area contributed by atoms with E-state index in [1.54, 1.807) is 0 Å². The van der Waals surface area contributed by atoms with Crippen molar-refractivity contribution < 1.29 is 24.5 Å². The van der Waals surface area contributed by atoms with Gasteiger partial charge in [-0.25, -0.2) is 0 Å². The number of hydrogen-bond acceptors (Lipinski definition) is 5. The van der Waals surface area contributed by atoms with Gasteiger partial charge < -0.3 is 20.3 Å². The van der Waals surface area contributed by atoms with Crippen LogP contribution in [0.5, 0.6) is 0 Å². The second-order valence-electron chi connectivity index (χ2n) is 17.9. The van der Waals surface area contributed by atoms with Gasteiger partial charge in [-0.1, -0.05) is 244 Å². The van der Waals surface area contributed by atoms with Gasteiger partial charge in [-0.05, 0) is 44.9 Å². The molecule has 0 aliphatic carbocycles. The lowest BCUT2D eigenvalue weighted by atomic mass is 10.0. The molecule has 0 aromatic rings. The molecule has 0 rings (SSSR count). The van der Waals surface area contributed by atoms with Gasteiger partial charge in [0, 0.05) is 6.42 Å². The zero-order chi connectivity index (χ0) is 43.1. The van der Waals surface area contributed by atoms with E-state index in [0.717, 1.165) is 44.9 Å². The highest BCUT2D eigenvalue weighted by Gasteiger charge is 2.24. The van der Waals surface area contributed by atoms with Gasteiger partial charge in [0.2, 0.25) is 5.91 Å². The zero-order valence-electron chi connectivity index (χ0n) is 39.7. The number of nitrogens with one attached hydrogen (secondary N) is 1. The Kier molecular flexibility index (Phi) is 46.1. The monoisotopic (exact) mass is 832 g/mol. The van der Waals surface area contributed by atoms with E-state index in [4.69, 9.17) is 4.74 Å². The first-order valence-corrected chi connectivity index (χ1v) is 26.1. The number of aliphatic hydroxyl groups excluding tert-OH is 2. The van der Waals surface area contributed by atoms with Crippen LogP contribution in [-0.2, 0) is 14.3 Å². The zero-order valence-corrected chi connectivity index (χ0v) is 39.7. The first-order valence-electron chi connectivity index (χ1n) is 26.1. The molecule has 6 nitrogen and oxygen atoms in total. The highest BCUT2D eigenvalue weighted by atomic mass is 16.5. The van der Waals surface area contributed by atoms with Crippen molar-refractivity contribution in [2.45, 2.75) is 296 Å². The molecule has 1 amide bonds. The average Bonchev–Trinajstić information content (AvgIpc) is 3.23. The highest BCUT2D eigenvalue weighted by molar-refractivity contribution is 5.77. The van der Waals surface area contributed by atoms with Gasteiger partial charge in [0.05, 0.1) is 25.2 Å². The second-order valence-corrected chi connectivity index (χ2v) is 17.9. The fourth-order valence-corrected chi connectivity index (χ4v) is 8.07. The van der Waals surface area contributed by atoms with Crippen LogP contribution in [-0.4, -0.2) is 46.9 Å². The number of aliphatic hydroxyl groups is 2. The van der Waals surface area contributed by atoms with Crippen molar-refractivity contribution >= 4 is 11.9 Å². The maximum Gasteiger partial charge on any atom is 0.306 e. The quantitative estimate of drug-likeness (QED) is 0.0322. The van der Waals surface area contributed by atoms with Crippen LogP contribution in [0.15, 0.2) is 24.3 Å². The molecule has 0 saturated carbocycles. The minimum Gasteiger partial charge on any atom is -0.462 e. The Morgan fingerprint density at radius 3 is 1.29 bits per heavy atom. The van der Waals surface area contributed by atoms with Crippen molar-refractivity contribution in [3.8, 4) is 0 Å². The maximum atomic E-state index is 13.2. The van der Waals surface area contributed by atoms with Gasteiger partial charge in [0.25, 0.3) is 0 Å². The van der Waals surface area contributed by atoms with Crippen LogP contribution < -0.4 is 5.32 Å². The number of carbonyl (C=O) groups is 2. The predicted molar refractivity (Wildman–Crippen MR) is 255 cm³/mol. The highest BCUT2D eigenvalue weighted by Crippen LogP contribution is 2.18. The molecule has 0 aromatic heterocycles. The summed E-state index contributed by atoms with van der Waals surface area (Å²) in [7, 11) is 0. The standard InChI is InChI=1S/C53H101NO5/c1-4-7-10-13-16-19-22-25-26-28-29-32-35-38-41-44-49(59-53(58)46-43-40-37-34-31-27-23-20-17-14-11-8-5-2)47-52(57)54-50(48-55)51(56)45-42-39-36-33-30-24-21-18-15-12-9-6-3/h27,31,37,40,49-51,55-56H,4-26,28-30,32-36,38-39,41-48H2,1-3H3,(H,54,57)/b31-27-,40-37+. The Labute approximate surface area is 367 Å². The maximum absolute atomic E-state index is 13.2. The van der Waals surface area contributed by atoms with E-state index < -0.39 is 18.2 Å². The number of rotatable bonds is 47. The van der Waals surface area contributed by atoms with Crippen LogP contribution >= 0.6 is 0 Å². The summed E-state index contributed by atoms with van der Waals surface area (Å²) in [5, 5.41) is 23.7. The Morgan fingerprint density at radius 1 is 0.492 bits per heavy atom. The summed E-state index contributed by atoms with van der Waals surface area (Å²) in [4.78, 5) is 26.1. The third-order valence-electron chi connectivity index (χ3n) is 12.0. The predicted octanol–water partition coefficient (Wildman–Crippen LogP) is 15.5. The number of ether oxygens (including phenoxy) is 1. The summed E-state index contributed by atoms with van der Waals surface area (Å²) in [5.41, 5.74) is 0. The van der Waals surface area contributed by atoms with Crippen molar-refractivity contribution in [2.24, 2.45) is 0 Å². The Balaban J connectivity index is 4.61. The Hall–Kier alpha value is -1.66. The molecule has 0 heterocycles. The van der Waals surface area contributed by atoms with Crippen molar-refractivity contribution in [3.05, 3.63) is 24.3 Å². The number of esters is 1. The number of amides is 1. The Bertz CT molecular complexity index is 935. The summed E-state index contributed by atoms with van der Waals surface area (Å²) in [6, 6.07) is -0.706. The van der Waals surface area contributed by atoms with Crippen LogP contribution in [0.25, 0.3) is 0 Å². The van der Waals surface area contributed by atoms with Crippen LogP contribution in [0.4, 0.5) is 0 Å². The van der Waals surface area contributed by atoms with Crippen LogP contribution in [0.1, 0.15) is 278 Å². The molecular weight excluding hydrogens is 731 g/mol. The molecule has 0 bridgehead atoms.